The average Bonchev–Trinajstić information content (AvgIpc) is 3.44. The van der Waals surface area contributed by atoms with Crippen molar-refractivity contribution in [3.05, 3.63) is 98.8 Å². The zero-order valence-corrected chi connectivity index (χ0v) is 19.3. The van der Waals surface area contributed by atoms with Gasteiger partial charge in [-0.25, -0.2) is 13.9 Å². The first-order chi connectivity index (χ1) is 17.4. The summed E-state index contributed by atoms with van der Waals surface area (Å²) in [6.45, 7) is 0.488. The third kappa shape index (κ3) is 3.98. The maximum absolute atomic E-state index is 15.4. The number of nitrogens with zero attached hydrogens (tertiary/aromatic N) is 3. The Morgan fingerprint density at radius 1 is 1.19 bits per heavy atom. The van der Waals surface area contributed by atoms with E-state index < -0.39 is 17.5 Å². The molecule has 1 unspecified atom stereocenters. The third-order valence-corrected chi connectivity index (χ3v) is 5.88. The van der Waals surface area contributed by atoms with Crippen molar-refractivity contribution in [2.45, 2.75) is 12.6 Å². The van der Waals surface area contributed by atoms with Gasteiger partial charge >= 0.3 is 11.5 Å². The monoisotopic (exact) mass is 491 g/mol. The average molecular weight is 491 g/mol. The van der Waals surface area contributed by atoms with E-state index in [-0.39, 0.29) is 28.7 Å². The second-order valence-electron chi connectivity index (χ2n) is 8.02. The van der Waals surface area contributed by atoms with Crippen LogP contribution in [0.2, 0.25) is 0 Å². The molecule has 0 amide bonds. The van der Waals surface area contributed by atoms with Gasteiger partial charge in [0.05, 0.1) is 20.4 Å². The molecule has 1 aliphatic heterocycles. The number of ether oxygens (including phenoxy) is 2. The molecule has 12 heteroatoms. The summed E-state index contributed by atoms with van der Waals surface area (Å²) in [6, 6.07) is 11.6. The van der Waals surface area contributed by atoms with Gasteiger partial charge in [0, 0.05) is 35.5 Å². The molecule has 1 aliphatic rings. The van der Waals surface area contributed by atoms with E-state index in [0.717, 1.165) is 15.8 Å². The summed E-state index contributed by atoms with van der Waals surface area (Å²) in [7, 11) is 2.84. The number of aromatic nitrogens is 4. The summed E-state index contributed by atoms with van der Waals surface area (Å²) in [6.07, 6.45) is 1.25. The molecule has 0 fully saturated rings. The van der Waals surface area contributed by atoms with Crippen molar-refractivity contribution in [1.82, 2.24) is 20.1 Å². The van der Waals surface area contributed by atoms with E-state index in [1.807, 2.05) is 6.07 Å². The highest BCUT2D eigenvalue weighted by Crippen LogP contribution is 2.35. The fraction of sp³-hybridized carbons (Fsp3) is 0.167. The van der Waals surface area contributed by atoms with E-state index in [4.69, 9.17) is 14.9 Å². The first-order valence-electron chi connectivity index (χ1n) is 10.9. The SMILES string of the molecule is COc1cc(F)c(C(Nc2ccc3c(c2)CNC3=N)c2nn(-c3cccc[n+]3[O-])c(=O)[nH]2)cc1OC. The van der Waals surface area contributed by atoms with Gasteiger partial charge in [-0.3, -0.25) is 10.4 Å². The van der Waals surface area contributed by atoms with Crippen molar-refractivity contribution in [2.24, 2.45) is 0 Å². The maximum Gasteiger partial charge on any atom is 0.440 e. The Balaban J connectivity index is 1.63. The molecule has 36 heavy (non-hydrogen) atoms. The van der Waals surface area contributed by atoms with Crippen LogP contribution in [0, 0.1) is 16.4 Å². The van der Waals surface area contributed by atoms with Crippen LogP contribution >= 0.6 is 0 Å². The number of anilines is 1. The van der Waals surface area contributed by atoms with E-state index >= 15 is 4.39 Å². The summed E-state index contributed by atoms with van der Waals surface area (Å²) >= 11 is 0. The fourth-order valence-electron chi connectivity index (χ4n) is 4.11. The topological polar surface area (TPSA) is 144 Å². The maximum atomic E-state index is 15.4. The lowest BCUT2D eigenvalue weighted by atomic mass is 10.0. The van der Waals surface area contributed by atoms with Crippen molar-refractivity contribution in [1.29, 1.82) is 5.41 Å². The van der Waals surface area contributed by atoms with Crippen LogP contribution in [0.1, 0.15) is 28.6 Å². The van der Waals surface area contributed by atoms with Crippen LogP contribution < -0.4 is 30.5 Å². The Labute approximate surface area is 204 Å². The molecule has 5 rings (SSSR count). The number of H-pyrrole nitrogens is 1. The summed E-state index contributed by atoms with van der Waals surface area (Å²) in [5.41, 5.74) is 1.74. The van der Waals surface area contributed by atoms with E-state index in [1.165, 1.54) is 44.7 Å². The van der Waals surface area contributed by atoms with Gasteiger partial charge in [-0.2, -0.15) is 0 Å². The fourth-order valence-corrected chi connectivity index (χ4v) is 4.11. The van der Waals surface area contributed by atoms with Crippen molar-refractivity contribution in [2.75, 3.05) is 19.5 Å². The van der Waals surface area contributed by atoms with Crippen molar-refractivity contribution in [3.63, 3.8) is 0 Å². The van der Waals surface area contributed by atoms with Gasteiger partial charge in [-0.15, -0.1) is 0 Å². The number of aromatic amines is 1. The Hall–Kier alpha value is -4.87. The van der Waals surface area contributed by atoms with Crippen molar-refractivity contribution >= 4 is 11.5 Å². The third-order valence-electron chi connectivity index (χ3n) is 5.88. The first-order valence-corrected chi connectivity index (χ1v) is 10.9. The molecule has 2 aromatic carbocycles. The molecule has 0 saturated carbocycles. The van der Waals surface area contributed by atoms with Gasteiger partial charge in [0.25, 0.3) is 0 Å². The molecule has 0 bridgehead atoms. The van der Waals surface area contributed by atoms with Gasteiger partial charge in [0.2, 0.25) is 0 Å². The zero-order chi connectivity index (χ0) is 25.4. The summed E-state index contributed by atoms with van der Waals surface area (Å²) in [5, 5.41) is 30.7. The largest absolute Gasteiger partial charge is 0.711 e. The number of halogens is 1. The number of hydrogen-bond donors (Lipinski definition) is 4. The normalized spacial score (nSPS) is 13.1. The number of amidine groups is 1. The molecule has 4 N–H and O–H groups in total. The lowest BCUT2D eigenvalue weighted by Gasteiger charge is -2.20. The molecule has 184 valence electrons. The molecule has 3 heterocycles. The first kappa shape index (κ1) is 22.9. The predicted octanol–water partition coefficient (Wildman–Crippen LogP) is 1.98. The smallest absolute Gasteiger partial charge is 0.440 e. The number of fused-ring (bicyclic) bond motifs is 1. The minimum Gasteiger partial charge on any atom is -0.711 e. The quantitative estimate of drug-likeness (QED) is 0.229. The lowest BCUT2D eigenvalue weighted by Crippen LogP contribution is -2.35. The number of benzene rings is 2. The minimum absolute atomic E-state index is 0.0151. The predicted molar refractivity (Wildman–Crippen MR) is 128 cm³/mol. The molecular weight excluding hydrogens is 469 g/mol. The summed E-state index contributed by atoms with van der Waals surface area (Å²) in [5.74, 6) is 0.254. The summed E-state index contributed by atoms with van der Waals surface area (Å²) < 4.78 is 27.4. The molecule has 0 saturated heterocycles. The second-order valence-corrected chi connectivity index (χ2v) is 8.02. The minimum atomic E-state index is -0.977. The van der Waals surface area contributed by atoms with E-state index in [0.29, 0.717) is 22.8 Å². The van der Waals surface area contributed by atoms with E-state index in [2.05, 4.69) is 20.7 Å². The number of rotatable bonds is 7. The second kappa shape index (κ2) is 9.06. The van der Waals surface area contributed by atoms with Gasteiger partial charge in [0.1, 0.15) is 17.7 Å². The Morgan fingerprint density at radius 3 is 2.72 bits per heavy atom. The van der Waals surface area contributed by atoms with Crippen molar-refractivity contribution < 1.29 is 18.6 Å². The number of nitrogens with one attached hydrogen (secondary N) is 4. The molecule has 11 nitrogen and oxygen atoms in total. The molecule has 4 aromatic rings. The molecule has 0 spiro atoms. The standard InChI is InChI=1S/C24H22FN7O4/c1-35-18-10-16(17(25)11-19(18)36-2)21(28-14-6-7-15-13(9-14)12-27-22(15)26)23-29-24(33)32(30-23)20-5-3-4-8-31(20)34/h3-11,21,28H,12H2,1-2H3,(H2,26,27)(H,29,30,33). The van der Waals surface area contributed by atoms with Gasteiger partial charge in [-0.1, -0.05) is 11.2 Å². The Morgan fingerprint density at radius 2 is 1.97 bits per heavy atom. The number of hydrogen-bond acceptors (Lipinski definition) is 7. The van der Waals surface area contributed by atoms with Crippen molar-refractivity contribution in [3.8, 4) is 17.3 Å². The molecular formula is C24H22FN7O4. The van der Waals surface area contributed by atoms with Crippen LogP contribution in [0.4, 0.5) is 10.1 Å². The zero-order valence-electron chi connectivity index (χ0n) is 19.3. The van der Waals surface area contributed by atoms with Gasteiger partial charge in [-0.05, 0) is 40.6 Å². The van der Waals surface area contributed by atoms with E-state index in [1.54, 1.807) is 18.2 Å². The van der Waals surface area contributed by atoms with Crippen LogP contribution in [-0.4, -0.2) is 34.8 Å². The highest BCUT2D eigenvalue weighted by atomic mass is 19.1. The Bertz CT molecular complexity index is 1530. The van der Waals surface area contributed by atoms with Crippen LogP contribution in [0.25, 0.3) is 5.82 Å². The Kier molecular flexibility index (Phi) is 5.76. The summed E-state index contributed by atoms with van der Waals surface area (Å²) in [4.78, 5) is 15.4. The number of pyridine rings is 1. The number of methoxy groups -OCH3 is 2. The molecule has 0 aliphatic carbocycles. The van der Waals surface area contributed by atoms with Crippen LogP contribution in [0.3, 0.4) is 0 Å². The van der Waals surface area contributed by atoms with Gasteiger partial charge in [0.15, 0.2) is 17.3 Å². The molecule has 1 atom stereocenters. The van der Waals surface area contributed by atoms with Crippen LogP contribution in [0.15, 0.2) is 59.5 Å². The lowest BCUT2D eigenvalue weighted by molar-refractivity contribution is -0.600. The van der Waals surface area contributed by atoms with Gasteiger partial charge < -0.3 is 25.3 Å². The highest BCUT2D eigenvalue weighted by molar-refractivity contribution is 6.00. The highest BCUT2D eigenvalue weighted by Gasteiger charge is 2.28. The van der Waals surface area contributed by atoms with E-state index in [9.17, 15) is 10.0 Å². The molecule has 2 aromatic heterocycles. The molecule has 0 radical (unpaired) electrons. The van der Waals surface area contributed by atoms with Crippen LogP contribution in [-0.2, 0) is 6.54 Å². The van der Waals surface area contributed by atoms with Crippen LogP contribution in [0.5, 0.6) is 11.5 Å².